The lowest BCUT2D eigenvalue weighted by atomic mass is 9.91. The van der Waals surface area contributed by atoms with Crippen molar-refractivity contribution in [1.82, 2.24) is 9.80 Å². The van der Waals surface area contributed by atoms with Crippen LogP contribution in [-0.4, -0.2) is 67.5 Å². The standard InChI is InChI=1S/C19H30N2O3/c1-23-16-7-8-19(24-2)15(13-16)14-20-9-11-21(12-10-20)17-5-3-4-6-18(17)22/h7-8,13,17-18,22H,3-6,9-12,14H2,1-2H3. The Labute approximate surface area is 145 Å². The third-order valence-corrected chi connectivity index (χ3v) is 5.45. The Morgan fingerprint density at radius 3 is 2.46 bits per heavy atom. The average molecular weight is 334 g/mol. The normalized spacial score (nSPS) is 26.3. The summed E-state index contributed by atoms with van der Waals surface area (Å²) in [5.74, 6) is 1.79. The van der Waals surface area contributed by atoms with Crippen LogP contribution in [0.15, 0.2) is 18.2 Å². The summed E-state index contributed by atoms with van der Waals surface area (Å²) in [5, 5.41) is 10.3. The van der Waals surface area contributed by atoms with Crippen molar-refractivity contribution in [2.75, 3.05) is 40.4 Å². The molecular formula is C19H30N2O3. The summed E-state index contributed by atoms with van der Waals surface area (Å²) in [6.45, 7) is 5.01. The van der Waals surface area contributed by atoms with Gasteiger partial charge in [-0.2, -0.15) is 0 Å². The number of ether oxygens (including phenoxy) is 2. The number of piperazine rings is 1. The van der Waals surface area contributed by atoms with Gasteiger partial charge in [-0.15, -0.1) is 0 Å². The van der Waals surface area contributed by atoms with Gasteiger partial charge in [0.05, 0.1) is 20.3 Å². The maximum Gasteiger partial charge on any atom is 0.123 e. The van der Waals surface area contributed by atoms with Crippen molar-refractivity contribution in [3.63, 3.8) is 0 Å². The zero-order valence-corrected chi connectivity index (χ0v) is 14.9. The van der Waals surface area contributed by atoms with Gasteiger partial charge in [-0.05, 0) is 31.0 Å². The molecule has 1 heterocycles. The van der Waals surface area contributed by atoms with Crippen LogP contribution in [0.4, 0.5) is 0 Å². The molecule has 1 aliphatic carbocycles. The molecule has 0 radical (unpaired) electrons. The Balaban J connectivity index is 1.57. The monoisotopic (exact) mass is 334 g/mol. The number of methoxy groups -OCH3 is 2. The van der Waals surface area contributed by atoms with Gasteiger partial charge in [-0.3, -0.25) is 9.80 Å². The molecule has 2 fully saturated rings. The fraction of sp³-hybridized carbons (Fsp3) is 0.684. The van der Waals surface area contributed by atoms with Crippen LogP contribution in [0, 0.1) is 0 Å². The molecule has 0 bridgehead atoms. The lowest BCUT2D eigenvalue weighted by Crippen LogP contribution is -2.54. The largest absolute Gasteiger partial charge is 0.497 e. The average Bonchev–Trinajstić information content (AvgIpc) is 2.63. The van der Waals surface area contributed by atoms with Crippen LogP contribution in [0.25, 0.3) is 0 Å². The first kappa shape index (κ1) is 17.5. The molecule has 24 heavy (non-hydrogen) atoms. The van der Waals surface area contributed by atoms with Gasteiger partial charge in [-0.25, -0.2) is 0 Å². The summed E-state index contributed by atoms with van der Waals surface area (Å²) in [5.41, 5.74) is 1.17. The summed E-state index contributed by atoms with van der Waals surface area (Å²) >= 11 is 0. The molecule has 1 N–H and O–H groups in total. The van der Waals surface area contributed by atoms with Crippen LogP contribution in [-0.2, 0) is 6.54 Å². The second-order valence-electron chi connectivity index (χ2n) is 6.91. The van der Waals surface area contributed by atoms with Crippen molar-refractivity contribution >= 4 is 0 Å². The SMILES string of the molecule is COc1ccc(OC)c(CN2CCN(C3CCCCC3O)CC2)c1. The molecule has 2 aliphatic rings. The van der Waals surface area contributed by atoms with E-state index in [0.717, 1.165) is 57.1 Å². The summed E-state index contributed by atoms with van der Waals surface area (Å²) in [7, 11) is 3.41. The first-order chi connectivity index (χ1) is 11.7. The molecule has 5 heteroatoms. The number of benzene rings is 1. The van der Waals surface area contributed by atoms with Crippen LogP contribution in [0.3, 0.4) is 0 Å². The molecule has 5 nitrogen and oxygen atoms in total. The second kappa shape index (κ2) is 8.19. The number of rotatable bonds is 5. The van der Waals surface area contributed by atoms with Crippen molar-refractivity contribution < 1.29 is 14.6 Å². The highest BCUT2D eigenvalue weighted by molar-refractivity contribution is 5.40. The molecule has 1 saturated heterocycles. The van der Waals surface area contributed by atoms with Gasteiger partial charge < -0.3 is 14.6 Å². The molecular weight excluding hydrogens is 304 g/mol. The summed E-state index contributed by atoms with van der Waals surface area (Å²) in [4.78, 5) is 4.95. The molecule has 0 aromatic heterocycles. The van der Waals surface area contributed by atoms with Crippen LogP contribution < -0.4 is 9.47 Å². The second-order valence-corrected chi connectivity index (χ2v) is 6.91. The Kier molecular flexibility index (Phi) is 5.98. The molecule has 1 aromatic carbocycles. The van der Waals surface area contributed by atoms with Crippen LogP contribution in [0.1, 0.15) is 31.2 Å². The lowest BCUT2D eigenvalue weighted by Gasteiger charge is -2.42. The third-order valence-electron chi connectivity index (χ3n) is 5.45. The van der Waals surface area contributed by atoms with E-state index in [9.17, 15) is 5.11 Å². The molecule has 1 saturated carbocycles. The minimum Gasteiger partial charge on any atom is -0.497 e. The van der Waals surface area contributed by atoms with Gasteiger partial charge in [-0.1, -0.05) is 12.8 Å². The topological polar surface area (TPSA) is 45.2 Å². The van der Waals surface area contributed by atoms with Crippen LogP contribution in [0.2, 0.25) is 0 Å². The quantitative estimate of drug-likeness (QED) is 0.894. The van der Waals surface area contributed by atoms with Gasteiger partial charge in [0, 0.05) is 44.3 Å². The smallest absolute Gasteiger partial charge is 0.123 e. The van der Waals surface area contributed by atoms with E-state index in [1.807, 2.05) is 12.1 Å². The van der Waals surface area contributed by atoms with Crippen molar-refractivity contribution in [2.24, 2.45) is 0 Å². The van der Waals surface area contributed by atoms with Crippen molar-refractivity contribution in [3.05, 3.63) is 23.8 Å². The predicted octanol–water partition coefficient (Wildman–Crippen LogP) is 2.12. The van der Waals surface area contributed by atoms with E-state index in [0.29, 0.717) is 6.04 Å². The summed E-state index contributed by atoms with van der Waals surface area (Å²) in [6, 6.07) is 6.34. The maximum absolute atomic E-state index is 10.3. The fourth-order valence-electron chi connectivity index (χ4n) is 4.02. The summed E-state index contributed by atoms with van der Waals surface area (Å²) in [6.07, 6.45) is 4.40. The first-order valence-corrected chi connectivity index (χ1v) is 9.06. The number of aliphatic hydroxyl groups excluding tert-OH is 1. The van der Waals surface area contributed by atoms with Gasteiger partial charge in [0.2, 0.25) is 0 Å². The first-order valence-electron chi connectivity index (χ1n) is 9.06. The maximum atomic E-state index is 10.3. The Bertz CT molecular complexity index is 529. The van der Waals surface area contributed by atoms with Crippen molar-refractivity contribution in [2.45, 2.75) is 44.4 Å². The van der Waals surface area contributed by atoms with E-state index in [4.69, 9.17) is 9.47 Å². The van der Waals surface area contributed by atoms with Gasteiger partial charge in [0.25, 0.3) is 0 Å². The third kappa shape index (κ3) is 4.02. The minimum absolute atomic E-state index is 0.135. The number of hydrogen-bond acceptors (Lipinski definition) is 5. The van der Waals surface area contributed by atoms with E-state index in [1.54, 1.807) is 14.2 Å². The molecule has 2 atom stereocenters. The molecule has 2 unspecified atom stereocenters. The number of hydrogen-bond donors (Lipinski definition) is 1. The van der Waals surface area contributed by atoms with Crippen molar-refractivity contribution in [3.8, 4) is 11.5 Å². The highest BCUT2D eigenvalue weighted by Gasteiger charge is 2.30. The molecule has 0 spiro atoms. The number of nitrogens with zero attached hydrogens (tertiary/aromatic N) is 2. The Morgan fingerprint density at radius 2 is 1.79 bits per heavy atom. The van der Waals surface area contributed by atoms with Gasteiger partial charge >= 0.3 is 0 Å². The van der Waals surface area contributed by atoms with Gasteiger partial charge in [0.1, 0.15) is 11.5 Å². The highest BCUT2D eigenvalue weighted by Crippen LogP contribution is 2.27. The number of aliphatic hydroxyl groups is 1. The van der Waals surface area contributed by atoms with Crippen LogP contribution >= 0.6 is 0 Å². The summed E-state index contributed by atoms with van der Waals surface area (Å²) < 4.78 is 10.8. The van der Waals surface area contributed by atoms with E-state index in [-0.39, 0.29) is 6.10 Å². The van der Waals surface area contributed by atoms with Crippen LogP contribution in [0.5, 0.6) is 11.5 Å². The van der Waals surface area contributed by atoms with E-state index in [1.165, 1.54) is 18.4 Å². The Hall–Kier alpha value is -1.30. The molecule has 134 valence electrons. The van der Waals surface area contributed by atoms with E-state index >= 15 is 0 Å². The molecule has 0 amide bonds. The fourth-order valence-corrected chi connectivity index (χ4v) is 4.02. The predicted molar refractivity (Wildman–Crippen MR) is 94.7 cm³/mol. The van der Waals surface area contributed by atoms with E-state index in [2.05, 4.69) is 15.9 Å². The van der Waals surface area contributed by atoms with Gasteiger partial charge in [0.15, 0.2) is 0 Å². The lowest BCUT2D eigenvalue weighted by molar-refractivity contribution is -0.00480. The zero-order chi connectivity index (χ0) is 16.9. The highest BCUT2D eigenvalue weighted by atomic mass is 16.5. The molecule has 1 aromatic rings. The Morgan fingerprint density at radius 1 is 1.04 bits per heavy atom. The minimum atomic E-state index is -0.135. The van der Waals surface area contributed by atoms with E-state index < -0.39 is 0 Å². The molecule has 1 aliphatic heterocycles. The molecule has 3 rings (SSSR count). The van der Waals surface area contributed by atoms with Crippen molar-refractivity contribution in [1.29, 1.82) is 0 Å². The zero-order valence-electron chi connectivity index (χ0n) is 14.9.